The molecule has 162 valence electrons. The third-order valence-corrected chi connectivity index (χ3v) is 6.51. The number of anilines is 1. The molecule has 0 aliphatic carbocycles. The number of benzene rings is 4. The molecule has 0 bridgehead atoms. The van der Waals surface area contributed by atoms with Gasteiger partial charge in [0.05, 0.1) is 22.1 Å². The Kier molecular flexibility index (Phi) is 4.20. The molecule has 7 rings (SSSR count). The Morgan fingerprint density at radius 1 is 0.636 bits per heavy atom. The number of rotatable bonds is 0. The summed E-state index contributed by atoms with van der Waals surface area (Å²) in [5, 5.41) is 2.50. The topological polar surface area (TPSA) is 53.2 Å². The molecular weight excluding hydrogens is 406 g/mol. The number of hydrogen-bond acceptors (Lipinski definition) is 2. The molecule has 0 amide bonds. The van der Waals surface area contributed by atoms with Crippen molar-refractivity contribution in [3.63, 3.8) is 0 Å². The van der Waals surface area contributed by atoms with Crippen molar-refractivity contribution in [2.75, 3.05) is 5.73 Å². The van der Waals surface area contributed by atoms with Gasteiger partial charge in [0.25, 0.3) is 0 Å². The van der Waals surface area contributed by atoms with Crippen LogP contribution < -0.4 is 5.73 Å². The van der Waals surface area contributed by atoms with Crippen LogP contribution in [0.25, 0.3) is 49.7 Å². The van der Waals surface area contributed by atoms with E-state index in [-0.39, 0.29) is 0 Å². The van der Waals surface area contributed by atoms with Crippen LogP contribution in [-0.4, -0.2) is 18.5 Å². The van der Waals surface area contributed by atoms with Crippen molar-refractivity contribution < 1.29 is 0 Å². The molecule has 0 aliphatic heterocycles. The van der Waals surface area contributed by atoms with Crippen LogP contribution in [0.15, 0.2) is 84.9 Å². The summed E-state index contributed by atoms with van der Waals surface area (Å²) in [5.41, 5.74) is 15.0. The lowest BCUT2D eigenvalue weighted by Gasteiger charge is -1.97. The largest absolute Gasteiger partial charge is 0.399 e. The van der Waals surface area contributed by atoms with Gasteiger partial charge in [-0.15, -0.1) is 0 Å². The van der Waals surface area contributed by atoms with Crippen molar-refractivity contribution in [1.82, 2.24) is 18.5 Å². The number of para-hydroxylation sites is 3. The highest BCUT2D eigenvalue weighted by Crippen LogP contribution is 2.29. The van der Waals surface area contributed by atoms with Crippen molar-refractivity contribution in [2.24, 2.45) is 14.1 Å². The maximum atomic E-state index is 5.81. The lowest BCUT2D eigenvalue weighted by molar-refractivity contribution is 0.973. The smallest absolute Gasteiger partial charge is 0.215 e. The van der Waals surface area contributed by atoms with Gasteiger partial charge in [0, 0.05) is 41.6 Å². The lowest BCUT2D eigenvalue weighted by Crippen LogP contribution is -1.87. The average molecular weight is 432 g/mol. The molecule has 0 atom stereocenters. The summed E-state index contributed by atoms with van der Waals surface area (Å²) in [6.07, 6.45) is 0. The summed E-state index contributed by atoms with van der Waals surface area (Å²) < 4.78 is 6.58. The van der Waals surface area contributed by atoms with Crippen LogP contribution in [0.1, 0.15) is 5.56 Å². The first kappa shape index (κ1) is 19.4. The van der Waals surface area contributed by atoms with Gasteiger partial charge in [-0.2, -0.15) is 0 Å². The van der Waals surface area contributed by atoms with E-state index in [1.54, 1.807) is 0 Å². The highest BCUT2D eigenvalue weighted by Gasteiger charge is 2.13. The molecule has 0 aliphatic rings. The highest BCUT2D eigenvalue weighted by molar-refractivity contribution is 6.08. The molecule has 5 nitrogen and oxygen atoms in total. The third-order valence-electron chi connectivity index (χ3n) is 6.51. The number of hydrogen-bond donors (Lipinski definition) is 1. The Bertz CT molecular complexity index is 1810. The van der Waals surface area contributed by atoms with Gasteiger partial charge in [-0.3, -0.25) is 4.40 Å². The zero-order valence-corrected chi connectivity index (χ0v) is 18.9. The van der Waals surface area contributed by atoms with Crippen molar-refractivity contribution in [3.8, 4) is 0 Å². The molecule has 0 spiro atoms. The van der Waals surface area contributed by atoms with Gasteiger partial charge in [0.2, 0.25) is 5.78 Å². The van der Waals surface area contributed by atoms with Crippen LogP contribution >= 0.6 is 0 Å². The number of imidazole rings is 2. The van der Waals surface area contributed by atoms with E-state index in [1.807, 2.05) is 18.2 Å². The standard InChI is InChI=1S/C15H13N3.C13H12N2/c1-10-7-8-13-14(9-10)18-12-6-4-3-5-11(12)16-15(18)17(13)2;1-15-12-5-3-2-4-10(12)11-8-9(14)6-7-13(11)15/h3-9H,1-2H3;2-8H,14H2,1H3. The minimum Gasteiger partial charge on any atom is -0.399 e. The number of nitrogens with zero attached hydrogens (tertiary/aromatic N) is 4. The predicted octanol–water partition coefficient (Wildman–Crippen LogP) is 6.20. The minimum atomic E-state index is 0.818. The Labute approximate surface area is 191 Å². The van der Waals surface area contributed by atoms with E-state index in [9.17, 15) is 0 Å². The molecule has 33 heavy (non-hydrogen) atoms. The van der Waals surface area contributed by atoms with Gasteiger partial charge in [-0.1, -0.05) is 36.4 Å². The molecule has 0 unspecified atom stereocenters. The van der Waals surface area contributed by atoms with E-state index < -0.39 is 0 Å². The molecule has 0 fully saturated rings. The van der Waals surface area contributed by atoms with Gasteiger partial charge in [0.15, 0.2) is 0 Å². The fourth-order valence-electron chi connectivity index (χ4n) is 4.87. The van der Waals surface area contributed by atoms with Gasteiger partial charge in [-0.05, 0) is 61.0 Å². The first-order chi connectivity index (χ1) is 16.0. The number of aryl methyl sites for hydroxylation is 3. The van der Waals surface area contributed by atoms with E-state index in [0.717, 1.165) is 17.0 Å². The van der Waals surface area contributed by atoms with Crippen LogP contribution in [0.3, 0.4) is 0 Å². The van der Waals surface area contributed by atoms with Crippen LogP contribution in [0.2, 0.25) is 0 Å². The van der Waals surface area contributed by atoms with Crippen LogP contribution in [0.4, 0.5) is 5.69 Å². The van der Waals surface area contributed by atoms with Gasteiger partial charge in [-0.25, -0.2) is 4.98 Å². The molecule has 0 radical (unpaired) electrons. The van der Waals surface area contributed by atoms with E-state index in [0.29, 0.717) is 0 Å². The monoisotopic (exact) mass is 431 g/mol. The molecule has 2 N–H and O–H groups in total. The Balaban J connectivity index is 0.000000127. The lowest BCUT2D eigenvalue weighted by atomic mass is 10.1. The summed E-state index contributed by atoms with van der Waals surface area (Å²) in [6, 6.07) is 29.2. The van der Waals surface area contributed by atoms with Crippen molar-refractivity contribution in [3.05, 3.63) is 90.5 Å². The molecule has 3 heterocycles. The van der Waals surface area contributed by atoms with Crippen LogP contribution in [0.5, 0.6) is 0 Å². The summed E-state index contributed by atoms with van der Waals surface area (Å²) in [4.78, 5) is 4.71. The van der Waals surface area contributed by atoms with Gasteiger partial charge >= 0.3 is 0 Å². The Hall–Kier alpha value is -4.25. The van der Waals surface area contributed by atoms with Gasteiger partial charge < -0.3 is 14.9 Å². The maximum absolute atomic E-state index is 5.81. The molecule has 7 aromatic rings. The van der Waals surface area contributed by atoms with Crippen molar-refractivity contribution >= 4 is 55.3 Å². The first-order valence-electron chi connectivity index (χ1n) is 11.1. The van der Waals surface area contributed by atoms with Crippen LogP contribution in [-0.2, 0) is 14.1 Å². The second kappa shape index (κ2) is 7.14. The number of fused-ring (bicyclic) bond motifs is 8. The average Bonchev–Trinajstić information content (AvgIpc) is 3.43. The summed E-state index contributed by atoms with van der Waals surface area (Å²) in [5.74, 6) is 0.997. The second-order valence-electron chi connectivity index (χ2n) is 8.64. The van der Waals surface area contributed by atoms with E-state index in [1.165, 1.54) is 43.9 Å². The molecule has 4 aromatic carbocycles. The quantitative estimate of drug-likeness (QED) is 0.291. The van der Waals surface area contributed by atoms with E-state index in [4.69, 9.17) is 10.7 Å². The number of aromatic nitrogens is 4. The zero-order chi connectivity index (χ0) is 22.7. The molecular formula is C28H25N5. The summed E-state index contributed by atoms with van der Waals surface area (Å²) in [6.45, 7) is 2.12. The summed E-state index contributed by atoms with van der Waals surface area (Å²) in [7, 11) is 4.15. The van der Waals surface area contributed by atoms with Crippen molar-refractivity contribution in [1.29, 1.82) is 0 Å². The second-order valence-corrected chi connectivity index (χ2v) is 8.64. The number of nitrogen functional groups attached to an aromatic ring is 1. The van der Waals surface area contributed by atoms with E-state index in [2.05, 4.69) is 101 Å². The molecule has 0 saturated heterocycles. The molecule has 3 aromatic heterocycles. The maximum Gasteiger partial charge on any atom is 0.215 e. The van der Waals surface area contributed by atoms with E-state index >= 15 is 0 Å². The molecule has 5 heteroatoms. The van der Waals surface area contributed by atoms with Crippen molar-refractivity contribution in [2.45, 2.75) is 6.92 Å². The fraction of sp³-hybridized carbons (Fsp3) is 0.107. The minimum absolute atomic E-state index is 0.818. The third kappa shape index (κ3) is 2.89. The Morgan fingerprint density at radius 3 is 2.18 bits per heavy atom. The predicted molar refractivity (Wildman–Crippen MR) is 139 cm³/mol. The SMILES string of the molecule is Cc1ccc2c(c1)n1c3ccccc3nc1n2C.Cn1c2ccccc2c2cc(N)ccc21. The van der Waals surface area contributed by atoms with Crippen LogP contribution in [0, 0.1) is 6.92 Å². The molecule has 0 saturated carbocycles. The highest BCUT2D eigenvalue weighted by atomic mass is 15.2. The first-order valence-corrected chi connectivity index (χ1v) is 11.1. The Morgan fingerprint density at radius 2 is 1.33 bits per heavy atom. The normalized spacial score (nSPS) is 11.6. The fourth-order valence-corrected chi connectivity index (χ4v) is 4.87. The van der Waals surface area contributed by atoms with Gasteiger partial charge in [0.1, 0.15) is 0 Å². The zero-order valence-electron chi connectivity index (χ0n) is 18.9. The summed E-state index contributed by atoms with van der Waals surface area (Å²) >= 11 is 0. The number of nitrogens with two attached hydrogens (primary N) is 1.